The molecule has 0 radical (unpaired) electrons. The van der Waals surface area contributed by atoms with E-state index in [2.05, 4.69) is 49.1 Å². The number of rotatable bonds is 11. The molecule has 3 N–H and O–H groups in total. The molecule has 7 rings (SSSR count). The number of benzene rings is 2. The molecule has 2 aromatic carbocycles. The van der Waals surface area contributed by atoms with Gasteiger partial charge < -0.3 is 34.8 Å². The summed E-state index contributed by atoms with van der Waals surface area (Å²) >= 11 is 0. The monoisotopic (exact) mass is 695 g/mol. The van der Waals surface area contributed by atoms with E-state index < -0.39 is 43.3 Å². The number of alkyl halides is 3. The number of hydrogen-bond acceptors (Lipinski definition) is 11. The molecule has 0 saturated carbocycles. The molecular weight excluding hydrogens is 655 g/mol. The van der Waals surface area contributed by atoms with Crippen molar-refractivity contribution in [2.24, 2.45) is 0 Å². The molecule has 3 saturated heterocycles. The molecule has 0 spiro atoms. The third-order valence-electron chi connectivity index (χ3n) is 9.83. The van der Waals surface area contributed by atoms with Crippen molar-refractivity contribution in [3.8, 4) is 0 Å². The molecule has 5 atom stereocenters. The summed E-state index contributed by atoms with van der Waals surface area (Å²) in [6.45, 7) is 3.37. The number of ether oxygens (including phenoxy) is 2. The number of imidazole rings is 1. The summed E-state index contributed by atoms with van der Waals surface area (Å²) in [5, 5.41) is 24.6. The zero-order chi connectivity index (χ0) is 34.8. The van der Waals surface area contributed by atoms with Crippen LogP contribution in [0.4, 0.5) is 24.9 Å². The third-order valence-corrected chi connectivity index (χ3v) is 9.83. The Morgan fingerprint density at radius 1 is 1.00 bits per heavy atom. The van der Waals surface area contributed by atoms with E-state index >= 15 is 0 Å². The summed E-state index contributed by atoms with van der Waals surface area (Å²) in [6, 6.07) is 20.4. The van der Waals surface area contributed by atoms with Crippen LogP contribution in [-0.2, 0) is 14.3 Å². The van der Waals surface area contributed by atoms with Crippen LogP contribution in [0.2, 0.25) is 0 Å². The number of fused-ring (bicyclic) bond motifs is 1. The van der Waals surface area contributed by atoms with E-state index in [0.29, 0.717) is 23.8 Å². The van der Waals surface area contributed by atoms with Crippen LogP contribution >= 0.6 is 0 Å². The number of aliphatic hydroxyl groups excluding tert-OH is 2. The molecule has 0 amide bonds. The van der Waals surface area contributed by atoms with Gasteiger partial charge >= 0.3 is 12.1 Å². The van der Waals surface area contributed by atoms with E-state index in [-0.39, 0.29) is 17.6 Å². The molecule has 0 unspecified atom stereocenters. The molecule has 2 aromatic heterocycles. The number of nitrogens with one attached hydrogen (secondary N) is 1. The predicted octanol–water partition coefficient (Wildman–Crippen LogP) is 3.86. The zero-order valence-corrected chi connectivity index (χ0v) is 27.3. The predicted molar refractivity (Wildman–Crippen MR) is 178 cm³/mol. The molecule has 0 bridgehead atoms. The first-order chi connectivity index (χ1) is 24.2. The fourth-order valence-electron chi connectivity index (χ4n) is 7.32. The lowest BCUT2D eigenvalue weighted by Crippen LogP contribution is -2.41. The maximum Gasteiger partial charge on any atom is 0.490 e. The second kappa shape index (κ2) is 14.5. The van der Waals surface area contributed by atoms with Crippen molar-refractivity contribution in [2.45, 2.75) is 68.4 Å². The van der Waals surface area contributed by atoms with E-state index in [9.17, 15) is 28.2 Å². The number of aromatic nitrogens is 4. The molecule has 50 heavy (non-hydrogen) atoms. The van der Waals surface area contributed by atoms with Gasteiger partial charge in [0.25, 0.3) is 0 Å². The summed E-state index contributed by atoms with van der Waals surface area (Å²) in [7, 11) is 0. The fraction of sp³-hybridized carbons (Fsp3) is 0.486. The van der Waals surface area contributed by atoms with Crippen molar-refractivity contribution < 1.29 is 37.7 Å². The Labute approximate surface area is 286 Å². The number of carbonyl (C=O) groups is 1. The van der Waals surface area contributed by atoms with Gasteiger partial charge in [-0.2, -0.15) is 23.1 Å². The van der Waals surface area contributed by atoms with Crippen molar-refractivity contribution in [2.75, 3.05) is 49.5 Å². The van der Waals surface area contributed by atoms with Crippen LogP contribution in [0, 0.1) is 0 Å². The first-order valence-electron chi connectivity index (χ1n) is 17.0. The van der Waals surface area contributed by atoms with Crippen molar-refractivity contribution in [1.29, 1.82) is 0 Å². The van der Waals surface area contributed by atoms with Gasteiger partial charge in [0.05, 0.1) is 12.9 Å². The van der Waals surface area contributed by atoms with Gasteiger partial charge in [-0.3, -0.25) is 4.57 Å². The summed E-state index contributed by atoms with van der Waals surface area (Å²) in [5.41, 5.74) is 2.83. The smallest absolute Gasteiger partial charge is 0.450 e. The zero-order valence-electron chi connectivity index (χ0n) is 27.3. The van der Waals surface area contributed by atoms with Gasteiger partial charge in [-0.25, -0.2) is 9.78 Å². The Morgan fingerprint density at radius 3 is 2.32 bits per heavy atom. The van der Waals surface area contributed by atoms with Crippen molar-refractivity contribution in [3.05, 3.63) is 78.1 Å². The largest absolute Gasteiger partial charge is 0.490 e. The Kier molecular flexibility index (Phi) is 9.91. The summed E-state index contributed by atoms with van der Waals surface area (Å²) in [5.74, 6) is -1.64. The van der Waals surface area contributed by atoms with Crippen LogP contribution in [0.15, 0.2) is 67.0 Å². The minimum Gasteiger partial charge on any atom is -0.450 e. The quantitative estimate of drug-likeness (QED) is 0.197. The Bertz CT molecular complexity index is 1720. The van der Waals surface area contributed by atoms with E-state index in [0.717, 1.165) is 50.1 Å². The van der Waals surface area contributed by atoms with Gasteiger partial charge in [0.15, 0.2) is 29.3 Å². The average molecular weight is 696 g/mol. The molecule has 266 valence electrons. The molecule has 5 heterocycles. The fourth-order valence-corrected chi connectivity index (χ4v) is 7.32. The number of carbonyl (C=O) groups excluding carboxylic acids is 1. The van der Waals surface area contributed by atoms with Crippen molar-refractivity contribution in [1.82, 2.24) is 24.4 Å². The molecule has 3 aliphatic heterocycles. The Morgan fingerprint density at radius 2 is 1.68 bits per heavy atom. The van der Waals surface area contributed by atoms with Crippen molar-refractivity contribution in [3.63, 3.8) is 0 Å². The summed E-state index contributed by atoms with van der Waals surface area (Å²) in [4.78, 5) is 30.8. The molecule has 12 nitrogen and oxygen atoms in total. The van der Waals surface area contributed by atoms with Gasteiger partial charge in [0, 0.05) is 31.6 Å². The molecule has 0 aliphatic carbocycles. The highest BCUT2D eigenvalue weighted by molar-refractivity contribution is 5.84. The Hall–Kier alpha value is -4.31. The SMILES string of the molecule is O=C(O[C@H]1[C@@H](O)[C@H](n2cnc3c(NCC(c4ccccc4)c4ccccc4)nc(N4CCC[C@H]4CN4CCCC4)nc32)O[C@@H]1CO)C(F)(F)F. The minimum absolute atomic E-state index is 0.0444. The lowest BCUT2D eigenvalue weighted by Gasteiger charge is -2.29. The number of esters is 1. The Balaban J connectivity index is 1.25. The lowest BCUT2D eigenvalue weighted by atomic mass is 9.91. The van der Waals surface area contributed by atoms with Crippen LogP contribution in [-0.4, -0.2) is 110 Å². The highest BCUT2D eigenvalue weighted by Crippen LogP contribution is 2.37. The normalized spacial score (nSPS) is 24.4. The van der Waals surface area contributed by atoms with E-state index in [1.807, 2.05) is 36.4 Å². The molecular formula is C35H40F3N7O5. The molecule has 15 heteroatoms. The van der Waals surface area contributed by atoms with Crippen LogP contribution < -0.4 is 10.2 Å². The highest BCUT2D eigenvalue weighted by Gasteiger charge is 2.51. The van der Waals surface area contributed by atoms with Crippen molar-refractivity contribution >= 4 is 28.9 Å². The van der Waals surface area contributed by atoms with Gasteiger partial charge in [-0.05, 0) is 49.9 Å². The van der Waals surface area contributed by atoms with Gasteiger partial charge in [-0.15, -0.1) is 0 Å². The molecule has 3 fully saturated rings. The first kappa shape index (κ1) is 34.2. The van der Waals surface area contributed by atoms with Gasteiger partial charge in [0.1, 0.15) is 12.2 Å². The second-order valence-electron chi connectivity index (χ2n) is 13.1. The van der Waals surface area contributed by atoms with E-state index in [4.69, 9.17) is 14.7 Å². The lowest BCUT2D eigenvalue weighted by molar-refractivity contribution is -0.210. The highest BCUT2D eigenvalue weighted by atomic mass is 19.4. The number of hydrogen-bond donors (Lipinski definition) is 3. The van der Waals surface area contributed by atoms with Crippen LogP contribution in [0.25, 0.3) is 11.2 Å². The van der Waals surface area contributed by atoms with Crippen LogP contribution in [0.1, 0.15) is 49.0 Å². The maximum absolute atomic E-state index is 13.1. The van der Waals surface area contributed by atoms with Crippen LogP contribution in [0.5, 0.6) is 0 Å². The first-order valence-corrected chi connectivity index (χ1v) is 17.0. The minimum atomic E-state index is -5.29. The average Bonchev–Trinajstić information content (AvgIpc) is 3.94. The van der Waals surface area contributed by atoms with E-state index in [1.165, 1.54) is 23.7 Å². The molecule has 3 aliphatic rings. The summed E-state index contributed by atoms with van der Waals surface area (Å²) < 4.78 is 51.0. The maximum atomic E-state index is 13.1. The summed E-state index contributed by atoms with van der Waals surface area (Å²) in [6.07, 6.45) is -5.98. The number of aliphatic hydroxyl groups is 2. The van der Waals surface area contributed by atoms with Gasteiger partial charge in [-0.1, -0.05) is 60.7 Å². The van der Waals surface area contributed by atoms with E-state index in [1.54, 1.807) is 0 Å². The number of nitrogens with zero attached hydrogens (tertiary/aromatic N) is 6. The molecule has 4 aromatic rings. The third kappa shape index (κ3) is 6.99. The number of likely N-dealkylation sites (tertiary alicyclic amines) is 1. The van der Waals surface area contributed by atoms with Crippen LogP contribution in [0.3, 0.4) is 0 Å². The standard InChI is InChI=1S/C35H40F3N7O5/c36-35(37,38)33(48)50-29-26(20-46)49-32(28(29)47)45-21-40-27-30(39-18-25(22-10-3-1-4-11-22)23-12-5-2-6-13-23)41-34(42-31(27)45)44-17-9-14-24(44)19-43-15-7-8-16-43/h1-6,10-13,21,24-26,28-29,32,46-47H,7-9,14-20H2,(H,39,41,42)/t24-,26+,28+,29+,32+/m0/s1. The second-order valence-corrected chi connectivity index (χ2v) is 13.1. The van der Waals surface area contributed by atoms with Gasteiger partial charge in [0.2, 0.25) is 5.95 Å². The number of anilines is 2. The number of halogens is 3. The topological polar surface area (TPSA) is 138 Å².